The molecule has 1 amide bonds. The Morgan fingerprint density at radius 3 is 2.00 bits per heavy atom. The molecule has 0 spiro atoms. The number of rotatable bonds is 8. The van der Waals surface area contributed by atoms with Crippen LogP contribution in [0.15, 0.2) is 88.7 Å². The van der Waals surface area contributed by atoms with Gasteiger partial charge in [0.2, 0.25) is 15.9 Å². The molecule has 0 bridgehead atoms. The van der Waals surface area contributed by atoms with E-state index in [1.807, 2.05) is 26.0 Å². The van der Waals surface area contributed by atoms with Crippen molar-refractivity contribution in [3.63, 3.8) is 0 Å². The summed E-state index contributed by atoms with van der Waals surface area (Å²) in [5.74, 6) is -0.377. The molecule has 0 atom stereocenters. The number of hydrogen-bond acceptors (Lipinski definition) is 5. The highest BCUT2D eigenvalue weighted by atomic mass is 32.2. The van der Waals surface area contributed by atoms with E-state index in [0.29, 0.717) is 12.1 Å². The zero-order valence-electron chi connectivity index (χ0n) is 20.9. The number of anilines is 1. The van der Waals surface area contributed by atoms with Gasteiger partial charge in [-0.1, -0.05) is 61.0 Å². The second-order valence-corrected chi connectivity index (χ2v) is 12.7. The van der Waals surface area contributed by atoms with E-state index in [4.69, 9.17) is 0 Å². The quantitative estimate of drug-likeness (QED) is 0.436. The molecule has 4 rings (SSSR count). The highest BCUT2D eigenvalue weighted by Gasteiger charge is 2.33. The van der Waals surface area contributed by atoms with Gasteiger partial charge >= 0.3 is 0 Å². The minimum absolute atomic E-state index is 0.0997. The summed E-state index contributed by atoms with van der Waals surface area (Å²) >= 11 is 0. The first kappa shape index (κ1) is 26.8. The maximum Gasteiger partial charge on any atom is 0.264 e. The first-order valence-electron chi connectivity index (χ1n) is 12.1. The maximum atomic E-state index is 13.7. The molecule has 0 aromatic heterocycles. The third-order valence-corrected chi connectivity index (χ3v) is 10.2. The summed E-state index contributed by atoms with van der Waals surface area (Å²) in [5.41, 5.74) is 2.24. The van der Waals surface area contributed by atoms with Gasteiger partial charge < -0.3 is 4.90 Å². The standard InChI is InChI=1S/C27H31N3O5S2/c1-3-23-9-7-8-12-26(23)30(37(34,35)24-10-5-4-6-11-24)21-27(31)28-17-19-29(20-18-28)36(32,33)25-15-13-22(2)14-16-25/h4-16H,3,17-21H2,1-2H3. The molecular weight excluding hydrogens is 510 g/mol. The van der Waals surface area contributed by atoms with Crippen LogP contribution < -0.4 is 4.31 Å². The molecule has 0 unspecified atom stereocenters. The molecule has 1 aliphatic rings. The Kier molecular flexibility index (Phi) is 8.01. The van der Waals surface area contributed by atoms with Crippen molar-refractivity contribution in [2.75, 3.05) is 37.0 Å². The van der Waals surface area contributed by atoms with Crippen LogP contribution >= 0.6 is 0 Å². The van der Waals surface area contributed by atoms with Gasteiger partial charge in [-0.25, -0.2) is 16.8 Å². The summed E-state index contributed by atoms with van der Waals surface area (Å²) in [4.78, 5) is 15.2. The molecule has 1 saturated heterocycles. The van der Waals surface area contributed by atoms with E-state index in [0.717, 1.165) is 11.1 Å². The molecule has 0 aliphatic carbocycles. The Bertz CT molecular complexity index is 1450. The summed E-state index contributed by atoms with van der Waals surface area (Å²) in [6, 6.07) is 21.9. The molecule has 0 N–H and O–H groups in total. The van der Waals surface area contributed by atoms with Crippen molar-refractivity contribution in [2.45, 2.75) is 30.1 Å². The summed E-state index contributed by atoms with van der Waals surface area (Å²) < 4.78 is 55.9. The second-order valence-electron chi connectivity index (χ2n) is 8.90. The number of sulfonamides is 2. The van der Waals surface area contributed by atoms with Crippen LogP contribution in [0.4, 0.5) is 5.69 Å². The Balaban J connectivity index is 1.54. The lowest BCUT2D eigenvalue weighted by Crippen LogP contribution is -2.53. The average Bonchev–Trinajstić information content (AvgIpc) is 2.92. The molecule has 3 aromatic rings. The van der Waals surface area contributed by atoms with Crippen LogP contribution in [0.2, 0.25) is 0 Å². The zero-order chi connectivity index (χ0) is 26.6. The number of hydrogen-bond donors (Lipinski definition) is 0. The summed E-state index contributed by atoms with van der Waals surface area (Å²) in [6.07, 6.45) is 0.598. The van der Waals surface area contributed by atoms with Crippen LogP contribution in [0.25, 0.3) is 0 Å². The van der Waals surface area contributed by atoms with Crippen LogP contribution in [0.5, 0.6) is 0 Å². The number of para-hydroxylation sites is 1. The minimum Gasteiger partial charge on any atom is -0.338 e. The fourth-order valence-electron chi connectivity index (χ4n) is 4.33. The smallest absolute Gasteiger partial charge is 0.264 e. The highest BCUT2D eigenvalue weighted by molar-refractivity contribution is 7.92. The van der Waals surface area contributed by atoms with Gasteiger partial charge in [-0.05, 0) is 49.2 Å². The number of benzene rings is 3. The van der Waals surface area contributed by atoms with Gasteiger partial charge in [-0.3, -0.25) is 9.10 Å². The number of carbonyl (C=O) groups is 1. The van der Waals surface area contributed by atoms with Gasteiger partial charge in [0.15, 0.2) is 0 Å². The van der Waals surface area contributed by atoms with Crippen molar-refractivity contribution in [1.29, 1.82) is 0 Å². The molecule has 10 heteroatoms. The van der Waals surface area contributed by atoms with E-state index >= 15 is 0 Å². The van der Waals surface area contributed by atoms with Gasteiger partial charge in [0.25, 0.3) is 10.0 Å². The number of amides is 1. The fourth-order valence-corrected chi connectivity index (χ4v) is 7.23. The summed E-state index contributed by atoms with van der Waals surface area (Å²) in [6.45, 7) is 4.08. The lowest BCUT2D eigenvalue weighted by molar-refractivity contribution is -0.130. The zero-order valence-corrected chi connectivity index (χ0v) is 22.6. The number of nitrogens with zero attached hydrogens (tertiary/aromatic N) is 3. The Morgan fingerprint density at radius 2 is 1.38 bits per heavy atom. The van der Waals surface area contributed by atoms with E-state index in [-0.39, 0.29) is 48.4 Å². The third-order valence-electron chi connectivity index (χ3n) is 6.50. The molecule has 0 saturated carbocycles. The molecule has 3 aromatic carbocycles. The monoisotopic (exact) mass is 541 g/mol. The molecule has 1 fully saturated rings. The average molecular weight is 542 g/mol. The molecule has 1 heterocycles. The third kappa shape index (κ3) is 5.71. The summed E-state index contributed by atoms with van der Waals surface area (Å²) in [5, 5.41) is 0. The van der Waals surface area contributed by atoms with Gasteiger partial charge in [-0.2, -0.15) is 4.31 Å². The van der Waals surface area contributed by atoms with E-state index < -0.39 is 20.0 Å². The van der Waals surface area contributed by atoms with Crippen molar-refractivity contribution in [3.05, 3.63) is 90.0 Å². The molecule has 0 radical (unpaired) electrons. The molecule has 8 nitrogen and oxygen atoms in total. The normalized spacial score (nSPS) is 14.9. The number of aryl methyl sites for hydroxylation is 2. The van der Waals surface area contributed by atoms with Gasteiger partial charge in [0.1, 0.15) is 6.54 Å². The Labute approximate surface area is 219 Å². The van der Waals surface area contributed by atoms with Crippen LogP contribution in [-0.2, 0) is 31.3 Å². The van der Waals surface area contributed by atoms with E-state index in [2.05, 4.69) is 0 Å². The molecule has 1 aliphatic heterocycles. The first-order chi connectivity index (χ1) is 17.6. The highest BCUT2D eigenvalue weighted by Crippen LogP contribution is 2.28. The Hall–Kier alpha value is -3.21. The molecule has 196 valence electrons. The van der Waals surface area contributed by atoms with E-state index in [1.54, 1.807) is 54.6 Å². The van der Waals surface area contributed by atoms with Crippen LogP contribution in [0.3, 0.4) is 0 Å². The predicted octanol–water partition coefficient (Wildman–Crippen LogP) is 3.29. The molecule has 37 heavy (non-hydrogen) atoms. The fraction of sp³-hybridized carbons (Fsp3) is 0.296. The van der Waals surface area contributed by atoms with Crippen molar-refractivity contribution in [3.8, 4) is 0 Å². The second kappa shape index (κ2) is 11.0. The van der Waals surface area contributed by atoms with Crippen LogP contribution in [-0.4, -0.2) is 64.7 Å². The minimum atomic E-state index is -4.01. The van der Waals surface area contributed by atoms with Gasteiger partial charge in [0.05, 0.1) is 15.5 Å². The van der Waals surface area contributed by atoms with Gasteiger partial charge in [0, 0.05) is 26.2 Å². The van der Waals surface area contributed by atoms with Gasteiger partial charge in [-0.15, -0.1) is 0 Å². The van der Waals surface area contributed by atoms with Crippen LogP contribution in [0, 0.1) is 6.92 Å². The van der Waals surface area contributed by atoms with Crippen molar-refractivity contribution < 1.29 is 21.6 Å². The lowest BCUT2D eigenvalue weighted by atomic mass is 10.1. The largest absolute Gasteiger partial charge is 0.338 e. The van der Waals surface area contributed by atoms with Crippen molar-refractivity contribution >= 4 is 31.6 Å². The van der Waals surface area contributed by atoms with Crippen molar-refractivity contribution in [1.82, 2.24) is 9.21 Å². The predicted molar refractivity (Wildman–Crippen MR) is 143 cm³/mol. The molecular formula is C27H31N3O5S2. The van der Waals surface area contributed by atoms with Crippen LogP contribution in [0.1, 0.15) is 18.1 Å². The maximum absolute atomic E-state index is 13.7. The van der Waals surface area contributed by atoms with Crippen molar-refractivity contribution in [2.24, 2.45) is 0 Å². The van der Waals surface area contributed by atoms with E-state index in [9.17, 15) is 21.6 Å². The SMILES string of the molecule is CCc1ccccc1N(CC(=O)N1CCN(S(=O)(=O)c2ccc(C)cc2)CC1)S(=O)(=O)c1ccccc1. The topological polar surface area (TPSA) is 95.1 Å². The first-order valence-corrected chi connectivity index (χ1v) is 15.0. The lowest BCUT2D eigenvalue weighted by Gasteiger charge is -2.35. The Morgan fingerprint density at radius 1 is 0.784 bits per heavy atom. The number of piperazine rings is 1. The van der Waals surface area contributed by atoms with E-state index in [1.165, 1.54) is 25.6 Å². The summed E-state index contributed by atoms with van der Waals surface area (Å²) in [7, 11) is -7.69. The number of carbonyl (C=O) groups excluding carboxylic acids is 1.